The van der Waals surface area contributed by atoms with E-state index in [2.05, 4.69) is 17.0 Å². The van der Waals surface area contributed by atoms with E-state index in [9.17, 15) is 9.59 Å². The Hall–Kier alpha value is -1.84. The van der Waals surface area contributed by atoms with Crippen molar-refractivity contribution in [3.8, 4) is 0 Å². The lowest BCUT2D eigenvalue weighted by Crippen LogP contribution is -2.50. The van der Waals surface area contributed by atoms with Gasteiger partial charge in [-0.05, 0) is 24.8 Å². The lowest BCUT2D eigenvalue weighted by atomic mass is 9.89. The second-order valence-corrected chi connectivity index (χ2v) is 7.43. The molecule has 0 radical (unpaired) electrons. The monoisotopic (exact) mass is 328 g/mol. The summed E-state index contributed by atoms with van der Waals surface area (Å²) in [5, 5.41) is 0. The average molecular weight is 328 g/mol. The largest absolute Gasteiger partial charge is 0.337 e. The molecule has 1 aromatic carbocycles. The van der Waals surface area contributed by atoms with Gasteiger partial charge in [0, 0.05) is 31.8 Å². The van der Waals surface area contributed by atoms with Gasteiger partial charge in [-0.15, -0.1) is 0 Å². The summed E-state index contributed by atoms with van der Waals surface area (Å²) in [5.74, 6) is 0.549. The third-order valence-corrected chi connectivity index (χ3v) is 5.52. The van der Waals surface area contributed by atoms with E-state index < -0.39 is 0 Å². The van der Waals surface area contributed by atoms with Crippen molar-refractivity contribution in [2.45, 2.75) is 58.0 Å². The van der Waals surface area contributed by atoms with Crippen LogP contribution >= 0.6 is 0 Å². The molecule has 2 amide bonds. The fraction of sp³-hybridized carbons (Fsp3) is 0.600. The van der Waals surface area contributed by atoms with E-state index in [0.717, 1.165) is 32.4 Å². The summed E-state index contributed by atoms with van der Waals surface area (Å²) in [6, 6.07) is 10.6. The van der Waals surface area contributed by atoms with Crippen molar-refractivity contribution in [1.82, 2.24) is 9.80 Å². The van der Waals surface area contributed by atoms with Crippen molar-refractivity contribution in [3.05, 3.63) is 35.9 Å². The molecule has 24 heavy (non-hydrogen) atoms. The molecule has 4 nitrogen and oxygen atoms in total. The number of hydrogen-bond acceptors (Lipinski definition) is 2. The smallest absolute Gasteiger partial charge is 0.225 e. The molecular formula is C20H28N2O2. The Morgan fingerprint density at radius 1 is 1.08 bits per heavy atom. The lowest BCUT2D eigenvalue weighted by Gasteiger charge is -2.36. The minimum absolute atomic E-state index is 0.00782. The maximum atomic E-state index is 12.9. The summed E-state index contributed by atoms with van der Waals surface area (Å²) >= 11 is 0. The van der Waals surface area contributed by atoms with Crippen LogP contribution in [-0.4, -0.2) is 46.8 Å². The molecular weight excluding hydrogens is 300 g/mol. The van der Waals surface area contributed by atoms with Gasteiger partial charge in [0.25, 0.3) is 0 Å². The van der Waals surface area contributed by atoms with E-state index >= 15 is 0 Å². The highest BCUT2D eigenvalue weighted by Crippen LogP contribution is 2.40. The van der Waals surface area contributed by atoms with E-state index in [0.29, 0.717) is 0 Å². The van der Waals surface area contributed by atoms with Crippen LogP contribution in [0.25, 0.3) is 0 Å². The third kappa shape index (κ3) is 3.06. The Labute approximate surface area is 144 Å². The van der Waals surface area contributed by atoms with Crippen LogP contribution in [0.3, 0.4) is 0 Å². The standard InChI is InChI=1S/C20H28N2O2/c1-14(2)20(24)21-12-8-7-11-18-19(21)17(13-22(18)15(3)23)16-9-5-4-6-10-16/h4-6,9-10,14,17-19H,7-8,11-13H2,1-3H3/t17-,18-,19-/m0/s1. The number of fused-ring (bicyclic) bond motifs is 1. The van der Waals surface area contributed by atoms with Gasteiger partial charge in [0.15, 0.2) is 0 Å². The molecule has 2 aliphatic rings. The van der Waals surface area contributed by atoms with Crippen LogP contribution in [0.4, 0.5) is 0 Å². The predicted octanol–water partition coefficient (Wildman–Crippen LogP) is 3.04. The minimum Gasteiger partial charge on any atom is -0.337 e. The molecule has 0 N–H and O–H groups in total. The second kappa shape index (κ2) is 6.96. The normalized spacial score (nSPS) is 27.1. The van der Waals surface area contributed by atoms with Gasteiger partial charge in [0.2, 0.25) is 11.8 Å². The van der Waals surface area contributed by atoms with E-state index in [1.165, 1.54) is 5.56 Å². The Morgan fingerprint density at radius 2 is 1.79 bits per heavy atom. The third-order valence-electron chi connectivity index (χ3n) is 5.52. The lowest BCUT2D eigenvalue weighted by molar-refractivity contribution is -0.138. The van der Waals surface area contributed by atoms with E-state index in [4.69, 9.17) is 0 Å². The van der Waals surface area contributed by atoms with Gasteiger partial charge in [-0.25, -0.2) is 0 Å². The van der Waals surface area contributed by atoms with Crippen LogP contribution in [0.1, 0.15) is 51.5 Å². The zero-order valence-electron chi connectivity index (χ0n) is 14.9. The van der Waals surface area contributed by atoms with Crippen molar-refractivity contribution >= 4 is 11.8 Å². The minimum atomic E-state index is -0.00782. The van der Waals surface area contributed by atoms with Crippen LogP contribution < -0.4 is 0 Å². The van der Waals surface area contributed by atoms with Crippen LogP contribution in [0, 0.1) is 5.92 Å². The zero-order chi connectivity index (χ0) is 17.3. The summed E-state index contributed by atoms with van der Waals surface area (Å²) in [5.41, 5.74) is 1.24. The first-order chi connectivity index (χ1) is 11.5. The fourth-order valence-corrected chi connectivity index (χ4v) is 4.40. The van der Waals surface area contributed by atoms with Gasteiger partial charge in [0.05, 0.1) is 12.1 Å². The Morgan fingerprint density at radius 3 is 2.42 bits per heavy atom. The highest BCUT2D eigenvalue weighted by molar-refractivity contribution is 5.79. The number of nitrogens with zero attached hydrogens (tertiary/aromatic N) is 2. The van der Waals surface area contributed by atoms with E-state index in [1.807, 2.05) is 36.9 Å². The first-order valence-corrected chi connectivity index (χ1v) is 9.13. The predicted molar refractivity (Wildman–Crippen MR) is 94.5 cm³/mol. The number of carbonyl (C=O) groups is 2. The molecule has 0 aromatic heterocycles. The van der Waals surface area contributed by atoms with Crippen LogP contribution in [-0.2, 0) is 9.59 Å². The molecule has 0 aliphatic carbocycles. The molecule has 0 unspecified atom stereocenters. The highest BCUT2D eigenvalue weighted by atomic mass is 16.2. The number of benzene rings is 1. The molecule has 3 atom stereocenters. The Bertz CT molecular complexity index is 599. The van der Waals surface area contributed by atoms with Crippen LogP contribution in [0.15, 0.2) is 30.3 Å². The molecule has 2 heterocycles. The van der Waals surface area contributed by atoms with Crippen molar-refractivity contribution in [1.29, 1.82) is 0 Å². The summed E-state index contributed by atoms with van der Waals surface area (Å²) in [7, 11) is 0. The summed E-state index contributed by atoms with van der Waals surface area (Å²) in [4.78, 5) is 29.2. The summed E-state index contributed by atoms with van der Waals surface area (Å²) in [6.45, 7) is 7.13. The SMILES string of the molecule is CC(=O)N1C[C@@H](c2ccccc2)[C@H]2[C@@H]1CCCCN2C(=O)C(C)C. The topological polar surface area (TPSA) is 40.6 Å². The van der Waals surface area contributed by atoms with Gasteiger partial charge >= 0.3 is 0 Å². The van der Waals surface area contributed by atoms with Gasteiger partial charge in [-0.1, -0.05) is 44.2 Å². The molecule has 1 aromatic rings. The molecule has 2 saturated heterocycles. The first kappa shape index (κ1) is 17.0. The van der Waals surface area contributed by atoms with Crippen molar-refractivity contribution in [3.63, 3.8) is 0 Å². The number of carbonyl (C=O) groups excluding carboxylic acids is 2. The quantitative estimate of drug-likeness (QED) is 0.837. The maximum Gasteiger partial charge on any atom is 0.225 e. The second-order valence-electron chi connectivity index (χ2n) is 7.43. The molecule has 2 fully saturated rings. The number of amides is 2. The van der Waals surface area contributed by atoms with E-state index in [-0.39, 0.29) is 35.7 Å². The molecule has 0 saturated carbocycles. The van der Waals surface area contributed by atoms with Gasteiger partial charge in [-0.3, -0.25) is 9.59 Å². The van der Waals surface area contributed by atoms with Crippen molar-refractivity contribution in [2.75, 3.05) is 13.1 Å². The average Bonchev–Trinajstić information content (AvgIpc) is 2.82. The fourth-order valence-electron chi connectivity index (χ4n) is 4.40. The maximum absolute atomic E-state index is 12.9. The molecule has 130 valence electrons. The van der Waals surface area contributed by atoms with Crippen molar-refractivity contribution < 1.29 is 9.59 Å². The Balaban J connectivity index is 2.01. The van der Waals surface area contributed by atoms with Crippen LogP contribution in [0.5, 0.6) is 0 Å². The number of rotatable bonds is 2. The molecule has 3 rings (SSSR count). The Kier molecular flexibility index (Phi) is 4.93. The number of likely N-dealkylation sites (tertiary alicyclic amines) is 2. The molecule has 2 aliphatic heterocycles. The van der Waals surface area contributed by atoms with Crippen LogP contribution in [0.2, 0.25) is 0 Å². The van der Waals surface area contributed by atoms with Gasteiger partial charge < -0.3 is 9.80 Å². The molecule has 0 bridgehead atoms. The molecule has 4 heteroatoms. The highest BCUT2D eigenvalue weighted by Gasteiger charge is 2.48. The first-order valence-electron chi connectivity index (χ1n) is 9.13. The molecule has 0 spiro atoms. The van der Waals surface area contributed by atoms with E-state index in [1.54, 1.807) is 6.92 Å². The summed E-state index contributed by atoms with van der Waals surface area (Å²) in [6.07, 6.45) is 3.10. The number of hydrogen-bond donors (Lipinski definition) is 0. The van der Waals surface area contributed by atoms with Gasteiger partial charge in [0.1, 0.15) is 0 Å². The summed E-state index contributed by atoms with van der Waals surface area (Å²) < 4.78 is 0. The van der Waals surface area contributed by atoms with Crippen molar-refractivity contribution in [2.24, 2.45) is 5.92 Å². The zero-order valence-corrected chi connectivity index (χ0v) is 14.9. The van der Waals surface area contributed by atoms with Gasteiger partial charge in [-0.2, -0.15) is 0 Å².